The highest BCUT2D eigenvalue weighted by Gasteiger charge is 2.36. The Morgan fingerprint density at radius 3 is 2.49 bits per heavy atom. The van der Waals surface area contributed by atoms with Gasteiger partial charge in [0.05, 0.1) is 10.8 Å². The number of benzene rings is 3. The average molecular weight is 522 g/mol. The lowest BCUT2D eigenvalue weighted by atomic mass is 9.97. The van der Waals surface area contributed by atoms with Crippen molar-refractivity contribution in [3.05, 3.63) is 66.2 Å². The molecule has 0 aliphatic carbocycles. The van der Waals surface area contributed by atoms with Crippen LogP contribution in [0.4, 0.5) is 0 Å². The summed E-state index contributed by atoms with van der Waals surface area (Å²) in [5, 5.41) is 1.90. The molecule has 3 aromatic rings. The molecule has 0 N–H and O–H groups in total. The fourth-order valence-electron chi connectivity index (χ4n) is 5.52. The third kappa shape index (κ3) is 4.91. The second-order valence-electron chi connectivity index (χ2n) is 10.0. The van der Waals surface area contributed by atoms with E-state index in [0.717, 1.165) is 53.9 Å². The molecule has 0 saturated carbocycles. The van der Waals surface area contributed by atoms with Crippen molar-refractivity contribution in [2.24, 2.45) is 5.92 Å². The Morgan fingerprint density at radius 2 is 1.65 bits per heavy atom. The molecular weight excluding hydrogens is 490 g/mol. The maximum absolute atomic E-state index is 13.4. The van der Waals surface area contributed by atoms with Gasteiger partial charge in [-0.05, 0) is 53.4 Å². The lowest BCUT2D eigenvalue weighted by Gasteiger charge is -2.38. The van der Waals surface area contributed by atoms with E-state index in [9.17, 15) is 13.2 Å². The van der Waals surface area contributed by atoms with E-state index in [1.54, 1.807) is 12.1 Å². The number of amides is 1. The monoisotopic (exact) mass is 521 g/mol. The van der Waals surface area contributed by atoms with Crippen LogP contribution in [0.15, 0.2) is 65.6 Å². The first-order valence-corrected chi connectivity index (χ1v) is 14.3. The van der Waals surface area contributed by atoms with Crippen LogP contribution in [-0.2, 0) is 21.4 Å². The molecule has 3 aliphatic rings. The molecule has 9 heteroatoms. The third-order valence-corrected chi connectivity index (χ3v) is 9.48. The number of rotatable bonds is 5. The second-order valence-corrected chi connectivity index (χ2v) is 11.9. The SMILES string of the molecule is O=C([C@@H]1CCCN(S(=O)(=O)c2ccc3ccccc3c2)C1)N1CCN(Cc2ccc3c(c2)OCO3)CC1. The maximum Gasteiger partial charge on any atom is 0.243 e. The molecule has 3 heterocycles. The van der Waals surface area contributed by atoms with E-state index in [1.165, 1.54) is 4.31 Å². The van der Waals surface area contributed by atoms with Crippen LogP contribution >= 0.6 is 0 Å². The number of ether oxygens (including phenoxy) is 2. The summed E-state index contributed by atoms with van der Waals surface area (Å²) in [6.07, 6.45) is 1.41. The van der Waals surface area contributed by atoms with E-state index in [4.69, 9.17) is 9.47 Å². The summed E-state index contributed by atoms with van der Waals surface area (Å²) in [7, 11) is -3.66. The Labute approximate surface area is 217 Å². The topological polar surface area (TPSA) is 79.4 Å². The molecule has 37 heavy (non-hydrogen) atoms. The summed E-state index contributed by atoms with van der Waals surface area (Å²) in [6.45, 7) is 4.61. The van der Waals surface area contributed by atoms with Gasteiger partial charge in [0.25, 0.3) is 0 Å². The number of hydrogen-bond acceptors (Lipinski definition) is 6. The minimum absolute atomic E-state index is 0.0705. The molecule has 2 saturated heterocycles. The first-order valence-electron chi connectivity index (χ1n) is 12.9. The van der Waals surface area contributed by atoms with E-state index in [2.05, 4.69) is 11.0 Å². The van der Waals surface area contributed by atoms with Crippen LogP contribution in [0.25, 0.3) is 10.8 Å². The molecule has 1 atom stereocenters. The zero-order valence-corrected chi connectivity index (χ0v) is 21.5. The average Bonchev–Trinajstić information content (AvgIpc) is 3.41. The summed E-state index contributed by atoms with van der Waals surface area (Å²) >= 11 is 0. The van der Waals surface area contributed by atoms with Gasteiger partial charge in [0.1, 0.15) is 0 Å². The van der Waals surface area contributed by atoms with Gasteiger partial charge in [-0.2, -0.15) is 4.31 Å². The predicted octanol–water partition coefficient (Wildman–Crippen LogP) is 3.31. The van der Waals surface area contributed by atoms with Crippen molar-refractivity contribution in [2.45, 2.75) is 24.3 Å². The van der Waals surface area contributed by atoms with Crippen LogP contribution in [0.5, 0.6) is 11.5 Å². The minimum atomic E-state index is -3.66. The molecule has 3 aliphatic heterocycles. The first kappa shape index (κ1) is 24.2. The highest BCUT2D eigenvalue weighted by molar-refractivity contribution is 7.89. The van der Waals surface area contributed by atoms with Crippen LogP contribution in [0.3, 0.4) is 0 Å². The maximum atomic E-state index is 13.4. The molecular formula is C28H31N3O5S. The van der Waals surface area contributed by atoms with Gasteiger partial charge in [-0.25, -0.2) is 8.42 Å². The van der Waals surface area contributed by atoms with Crippen molar-refractivity contribution < 1.29 is 22.7 Å². The molecule has 194 valence electrons. The van der Waals surface area contributed by atoms with Gasteiger partial charge < -0.3 is 14.4 Å². The van der Waals surface area contributed by atoms with E-state index in [1.807, 2.05) is 47.4 Å². The van der Waals surface area contributed by atoms with Crippen molar-refractivity contribution in [2.75, 3.05) is 46.1 Å². The van der Waals surface area contributed by atoms with Gasteiger partial charge in [0, 0.05) is 45.8 Å². The van der Waals surface area contributed by atoms with Crippen molar-refractivity contribution in [3.63, 3.8) is 0 Å². The number of hydrogen-bond donors (Lipinski definition) is 0. The van der Waals surface area contributed by atoms with Crippen molar-refractivity contribution in [1.82, 2.24) is 14.1 Å². The first-order chi connectivity index (χ1) is 18.0. The van der Waals surface area contributed by atoms with Crippen molar-refractivity contribution in [3.8, 4) is 11.5 Å². The number of piperazine rings is 1. The molecule has 0 aromatic heterocycles. The smallest absolute Gasteiger partial charge is 0.243 e. The molecule has 1 amide bonds. The lowest BCUT2D eigenvalue weighted by Crippen LogP contribution is -2.52. The van der Waals surface area contributed by atoms with Crippen molar-refractivity contribution in [1.29, 1.82) is 0 Å². The van der Waals surface area contributed by atoms with Gasteiger partial charge in [-0.15, -0.1) is 0 Å². The van der Waals surface area contributed by atoms with Crippen LogP contribution in [0.2, 0.25) is 0 Å². The molecule has 0 bridgehead atoms. The van der Waals surface area contributed by atoms with E-state index in [0.29, 0.717) is 26.1 Å². The van der Waals surface area contributed by atoms with E-state index < -0.39 is 10.0 Å². The standard InChI is InChI=1S/C28H31N3O5S/c32-28(30-14-12-29(13-15-30)18-21-7-10-26-27(16-21)36-20-35-26)24-6-3-11-31(19-24)37(33,34)25-9-8-22-4-1-2-5-23(22)17-25/h1-2,4-5,7-10,16-17,24H,3,6,11-15,18-20H2/t24-/m1/s1. The summed E-state index contributed by atoms with van der Waals surface area (Å²) in [4.78, 5) is 17.9. The Kier molecular flexibility index (Phi) is 6.52. The fraction of sp³-hybridized carbons (Fsp3) is 0.393. The van der Waals surface area contributed by atoms with Crippen molar-refractivity contribution >= 4 is 26.7 Å². The van der Waals surface area contributed by atoms with Crippen LogP contribution in [0, 0.1) is 5.92 Å². The number of piperidine rings is 1. The largest absolute Gasteiger partial charge is 0.454 e. The number of nitrogens with zero attached hydrogens (tertiary/aromatic N) is 3. The number of carbonyl (C=O) groups excluding carboxylic acids is 1. The second kappa shape index (κ2) is 9.96. The molecule has 0 radical (unpaired) electrons. The Balaban J connectivity index is 1.07. The molecule has 2 fully saturated rings. The molecule has 6 rings (SSSR count). The predicted molar refractivity (Wildman–Crippen MR) is 140 cm³/mol. The zero-order valence-electron chi connectivity index (χ0n) is 20.7. The van der Waals surface area contributed by atoms with Crippen LogP contribution in [-0.4, -0.2) is 74.5 Å². The minimum Gasteiger partial charge on any atom is -0.454 e. The highest BCUT2D eigenvalue weighted by Crippen LogP contribution is 2.33. The Morgan fingerprint density at radius 1 is 0.865 bits per heavy atom. The summed E-state index contributed by atoms with van der Waals surface area (Å²) < 4.78 is 39.3. The van der Waals surface area contributed by atoms with Gasteiger partial charge in [0.2, 0.25) is 22.7 Å². The highest BCUT2D eigenvalue weighted by atomic mass is 32.2. The summed E-state index contributed by atoms with van der Waals surface area (Å²) in [6, 6.07) is 19.0. The number of sulfonamides is 1. The quantitative estimate of drug-likeness (QED) is 0.513. The fourth-order valence-corrected chi connectivity index (χ4v) is 7.08. The van der Waals surface area contributed by atoms with Gasteiger partial charge in [-0.1, -0.05) is 36.4 Å². The lowest BCUT2D eigenvalue weighted by molar-refractivity contribution is -0.138. The zero-order chi connectivity index (χ0) is 25.4. The molecule has 8 nitrogen and oxygen atoms in total. The summed E-state index contributed by atoms with van der Waals surface area (Å²) in [5.74, 6) is 1.33. The van der Waals surface area contributed by atoms with Gasteiger partial charge in [0.15, 0.2) is 11.5 Å². The number of fused-ring (bicyclic) bond motifs is 2. The van der Waals surface area contributed by atoms with Gasteiger partial charge >= 0.3 is 0 Å². The molecule has 0 unspecified atom stereocenters. The normalized spacial score (nSPS) is 20.9. The van der Waals surface area contributed by atoms with E-state index >= 15 is 0 Å². The molecule has 3 aromatic carbocycles. The van der Waals surface area contributed by atoms with Crippen LogP contribution in [0.1, 0.15) is 18.4 Å². The summed E-state index contributed by atoms with van der Waals surface area (Å²) in [5.41, 5.74) is 1.16. The number of carbonyl (C=O) groups is 1. The Bertz CT molecular complexity index is 1420. The Hall–Kier alpha value is -3.14. The van der Waals surface area contributed by atoms with Gasteiger partial charge in [-0.3, -0.25) is 9.69 Å². The van der Waals surface area contributed by atoms with Crippen LogP contribution < -0.4 is 9.47 Å². The third-order valence-electron chi connectivity index (χ3n) is 7.62. The van der Waals surface area contributed by atoms with E-state index in [-0.39, 0.29) is 30.1 Å². The molecule has 0 spiro atoms.